The third kappa shape index (κ3) is 3.28. The molecule has 4 nitrogen and oxygen atoms in total. The molecule has 0 radical (unpaired) electrons. The molecule has 0 aliphatic carbocycles. The summed E-state index contributed by atoms with van der Waals surface area (Å²) in [4.78, 5) is 8.22. The van der Waals surface area contributed by atoms with Gasteiger partial charge < -0.3 is 14.1 Å². The summed E-state index contributed by atoms with van der Waals surface area (Å²) in [5.41, 5.74) is 4.78. The Morgan fingerprint density at radius 1 is 0.897 bits per heavy atom. The van der Waals surface area contributed by atoms with E-state index in [4.69, 9.17) is 25.7 Å². The van der Waals surface area contributed by atoms with Crippen LogP contribution in [0.5, 0.6) is 5.75 Å². The van der Waals surface area contributed by atoms with Crippen LogP contribution in [0.3, 0.4) is 0 Å². The first-order valence-electron chi connectivity index (χ1n) is 9.20. The Morgan fingerprint density at radius 2 is 1.69 bits per heavy atom. The number of H-pyrrole nitrogens is 1. The third-order valence-corrected chi connectivity index (χ3v) is 5.09. The van der Waals surface area contributed by atoms with Gasteiger partial charge >= 0.3 is 0 Å². The van der Waals surface area contributed by atoms with Crippen LogP contribution in [0, 0.1) is 0 Å². The summed E-state index contributed by atoms with van der Waals surface area (Å²) < 4.78 is 11.7. The van der Waals surface area contributed by atoms with Gasteiger partial charge in [0.25, 0.3) is 0 Å². The Bertz CT molecular complexity index is 1370. The number of hydrogen-bond acceptors (Lipinski definition) is 3. The highest BCUT2D eigenvalue weighted by Gasteiger charge is 2.12. The number of methoxy groups -OCH3 is 1. The standard InChI is InChI=1S/C24H17ClN2O2/c1-28-22-8-4-6-16-13-19(21-14-15-5-2-3-7-20(15)27-21)24(29-23(16)22)26-18-11-9-17(25)10-12-18/h2-14,27H,1H3. The van der Waals surface area contributed by atoms with Crippen molar-refractivity contribution < 1.29 is 9.15 Å². The van der Waals surface area contributed by atoms with Crippen molar-refractivity contribution in [1.82, 2.24) is 4.98 Å². The Morgan fingerprint density at radius 3 is 2.48 bits per heavy atom. The molecule has 5 aromatic rings. The van der Waals surface area contributed by atoms with E-state index in [0.717, 1.165) is 33.2 Å². The number of nitrogens with zero attached hydrogens (tertiary/aromatic N) is 1. The number of para-hydroxylation sites is 2. The van der Waals surface area contributed by atoms with Gasteiger partial charge in [0.05, 0.1) is 24.1 Å². The van der Waals surface area contributed by atoms with Gasteiger partial charge in [-0.2, -0.15) is 0 Å². The molecule has 0 bridgehead atoms. The fourth-order valence-corrected chi connectivity index (χ4v) is 3.54. The smallest absolute Gasteiger partial charge is 0.229 e. The number of aromatic nitrogens is 1. The van der Waals surface area contributed by atoms with Crippen LogP contribution in [0.25, 0.3) is 33.1 Å². The van der Waals surface area contributed by atoms with Crippen molar-refractivity contribution >= 4 is 39.2 Å². The molecule has 2 aromatic heterocycles. The van der Waals surface area contributed by atoms with Gasteiger partial charge in [0.15, 0.2) is 11.3 Å². The molecule has 29 heavy (non-hydrogen) atoms. The molecule has 0 saturated heterocycles. The van der Waals surface area contributed by atoms with Gasteiger partial charge in [-0.1, -0.05) is 41.9 Å². The lowest BCUT2D eigenvalue weighted by Gasteiger charge is -2.07. The van der Waals surface area contributed by atoms with E-state index in [2.05, 4.69) is 29.2 Å². The van der Waals surface area contributed by atoms with Gasteiger partial charge in [0, 0.05) is 21.3 Å². The fourth-order valence-electron chi connectivity index (χ4n) is 3.41. The molecule has 142 valence electrons. The van der Waals surface area contributed by atoms with Crippen LogP contribution < -0.4 is 10.3 Å². The highest BCUT2D eigenvalue weighted by Crippen LogP contribution is 2.29. The molecule has 1 N–H and O–H groups in total. The van der Waals surface area contributed by atoms with Crippen LogP contribution in [0.4, 0.5) is 5.69 Å². The number of aromatic amines is 1. The first-order valence-corrected chi connectivity index (χ1v) is 9.58. The van der Waals surface area contributed by atoms with Crippen molar-refractivity contribution in [2.24, 2.45) is 4.99 Å². The largest absolute Gasteiger partial charge is 0.493 e. The number of nitrogens with one attached hydrogen (secondary N) is 1. The monoisotopic (exact) mass is 400 g/mol. The van der Waals surface area contributed by atoms with Gasteiger partial charge in [0.2, 0.25) is 5.55 Å². The van der Waals surface area contributed by atoms with Crippen LogP contribution in [-0.4, -0.2) is 12.1 Å². The Hall–Kier alpha value is -3.50. The molecule has 2 heterocycles. The molecule has 0 atom stereocenters. The number of fused-ring (bicyclic) bond motifs is 2. The molecule has 0 aliphatic rings. The first-order chi connectivity index (χ1) is 14.2. The number of halogens is 1. The minimum Gasteiger partial charge on any atom is -0.493 e. The van der Waals surface area contributed by atoms with E-state index in [-0.39, 0.29) is 0 Å². The molecule has 3 aromatic carbocycles. The summed E-state index contributed by atoms with van der Waals surface area (Å²) >= 11 is 6.02. The van der Waals surface area contributed by atoms with Gasteiger partial charge in [-0.05, 0) is 48.5 Å². The van der Waals surface area contributed by atoms with Crippen molar-refractivity contribution in [3.05, 3.63) is 89.4 Å². The normalized spacial score (nSPS) is 12.0. The second-order valence-corrected chi connectivity index (χ2v) is 7.14. The topological polar surface area (TPSA) is 50.5 Å². The number of ether oxygens (including phenoxy) is 1. The Kier molecular flexibility index (Phi) is 4.34. The van der Waals surface area contributed by atoms with E-state index in [9.17, 15) is 0 Å². The predicted octanol–water partition coefficient (Wildman–Crippen LogP) is 6.48. The van der Waals surface area contributed by atoms with Gasteiger partial charge in [-0.15, -0.1) is 0 Å². The lowest BCUT2D eigenvalue weighted by molar-refractivity contribution is 0.406. The molecule has 0 saturated carbocycles. The zero-order chi connectivity index (χ0) is 19.8. The Balaban J connectivity index is 1.82. The maximum atomic E-state index is 6.25. The SMILES string of the molecule is COc1cccc2cc(-c3cc4ccccc4[nH]3)c(=Nc3ccc(Cl)cc3)oc12. The summed E-state index contributed by atoms with van der Waals surface area (Å²) in [6, 6.07) is 25.5. The summed E-state index contributed by atoms with van der Waals surface area (Å²) in [6.07, 6.45) is 0. The van der Waals surface area contributed by atoms with Crippen molar-refractivity contribution in [2.75, 3.05) is 7.11 Å². The second-order valence-electron chi connectivity index (χ2n) is 6.70. The fraction of sp³-hybridized carbons (Fsp3) is 0.0417. The van der Waals surface area contributed by atoms with Gasteiger partial charge in [0.1, 0.15) is 0 Å². The van der Waals surface area contributed by atoms with Crippen LogP contribution in [0.15, 0.2) is 88.3 Å². The highest BCUT2D eigenvalue weighted by atomic mass is 35.5. The van der Waals surface area contributed by atoms with Crippen LogP contribution in [0.2, 0.25) is 5.02 Å². The molecule has 0 amide bonds. The molecule has 0 spiro atoms. The van der Waals surface area contributed by atoms with Crippen molar-refractivity contribution in [3.8, 4) is 17.0 Å². The van der Waals surface area contributed by atoms with Crippen molar-refractivity contribution in [2.45, 2.75) is 0 Å². The van der Waals surface area contributed by atoms with Gasteiger partial charge in [-0.25, -0.2) is 4.99 Å². The van der Waals surface area contributed by atoms with Crippen LogP contribution >= 0.6 is 11.6 Å². The zero-order valence-corrected chi connectivity index (χ0v) is 16.4. The number of benzene rings is 3. The molecule has 0 aliphatic heterocycles. The van der Waals surface area contributed by atoms with E-state index < -0.39 is 0 Å². The summed E-state index contributed by atoms with van der Waals surface area (Å²) in [6.45, 7) is 0. The summed E-state index contributed by atoms with van der Waals surface area (Å²) in [7, 11) is 1.63. The molecule has 0 fully saturated rings. The predicted molar refractivity (Wildman–Crippen MR) is 117 cm³/mol. The number of rotatable bonds is 3. The average Bonchev–Trinajstić information content (AvgIpc) is 3.18. The molecular weight excluding hydrogens is 384 g/mol. The highest BCUT2D eigenvalue weighted by molar-refractivity contribution is 6.30. The molecule has 5 rings (SSSR count). The van der Waals surface area contributed by atoms with Gasteiger partial charge in [-0.3, -0.25) is 0 Å². The minimum absolute atomic E-state index is 0.496. The van der Waals surface area contributed by atoms with Crippen LogP contribution in [0.1, 0.15) is 0 Å². The lowest BCUT2D eigenvalue weighted by Crippen LogP contribution is -2.06. The van der Waals surface area contributed by atoms with E-state index in [1.165, 1.54) is 0 Å². The molecule has 0 unspecified atom stereocenters. The second kappa shape index (κ2) is 7.15. The summed E-state index contributed by atoms with van der Waals surface area (Å²) in [5.74, 6) is 0.665. The average molecular weight is 401 g/mol. The summed E-state index contributed by atoms with van der Waals surface area (Å²) in [5, 5.41) is 2.73. The third-order valence-electron chi connectivity index (χ3n) is 4.84. The van der Waals surface area contributed by atoms with E-state index in [0.29, 0.717) is 21.9 Å². The first kappa shape index (κ1) is 17.6. The Labute approximate surface area is 172 Å². The molecule has 5 heteroatoms. The maximum Gasteiger partial charge on any atom is 0.229 e. The van der Waals surface area contributed by atoms with E-state index in [1.807, 2.05) is 54.6 Å². The van der Waals surface area contributed by atoms with E-state index >= 15 is 0 Å². The molecular formula is C24H17ClN2O2. The van der Waals surface area contributed by atoms with E-state index in [1.54, 1.807) is 7.11 Å². The van der Waals surface area contributed by atoms with Crippen LogP contribution in [-0.2, 0) is 0 Å². The maximum absolute atomic E-state index is 6.25. The lowest BCUT2D eigenvalue weighted by atomic mass is 10.1. The number of hydrogen-bond donors (Lipinski definition) is 1. The van der Waals surface area contributed by atoms with Crippen molar-refractivity contribution in [3.63, 3.8) is 0 Å². The minimum atomic E-state index is 0.496. The quantitative estimate of drug-likeness (QED) is 0.377. The van der Waals surface area contributed by atoms with Crippen molar-refractivity contribution in [1.29, 1.82) is 0 Å². The zero-order valence-electron chi connectivity index (χ0n) is 15.6.